The van der Waals surface area contributed by atoms with Gasteiger partial charge in [0.25, 0.3) is 12.1 Å². The zero-order valence-electron chi connectivity index (χ0n) is 17.4. The summed E-state index contributed by atoms with van der Waals surface area (Å²) >= 11 is 5.84. The van der Waals surface area contributed by atoms with Gasteiger partial charge in [0.05, 0.1) is 27.4 Å². The summed E-state index contributed by atoms with van der Waals surface area (Å²) in [6, 6.07) is 9.39. The molecule has 0 atom stereocenters. The van der Waals surface area contributed by atoms with Gasteiger partial charge in [-0.1, -0.05) is 23.7 Å². The summed E-state index contributed by atoms with van der Waals surface area (Å²) < 4.78 is 32.8. The van der Waals surface area contributed by atoms with Gasteiger partial charge >= 0.3 is 0 Å². The Morgan fingerprint density at radius 1 is 1.25 bits per heavy atom. The summed E-state index contributed by atoms with van der Waals surface area (Å²) in [6.07, 6.45) is -2.88. The van der Waals surface area contributed by atoms with Gasteiger partial charge in [-0.05, 0) is 38.0 Å². The van der Waals surface area contributed by atoms with Crippen molar-refractivity contribution in [3.05, 3.63) is 74.0 Å². The van der Waals surface area contributed by atoms with Crippen molar-refractivity contribution in [3.8, 4) is 11.5 Å². The van der Waals surface area contributed by atoms with Crippen LogP contribution in [-0.4, -0.2) is 20.6 Å². The minimum absolute atomic E-state index is 0.106. The minimum Gasteiger partial charge on any atom is -0.457 e. The van der Waals surface area contributed by atoms with E-state index in [0.717, 1.165) is 15.8 Å². The monoisotopic (exact) mass is 464 g/mol. The lowest BCUT2D eigenvalue weighted by atomic mass is 10.1. The maximum atomic E-state index is 13.0. The topological polar surface area (TPSA) is 99.3 Å². The molecule has 0 aliphatic heterocycles. The summed E-state index contributed by atoms with van der Waals surface area (Å²) in [5.74, 6) is 0.0388. The zero-order valence-corrected chi connectivity index (χ0v) is 18.1. The van der Waals surface area contributed by atoms with E-state index in [2.05, 4.69) is 10.4 Å². The summed E-state index contributed by atoms with van der Waals surface area (Å²) in [4.78, 5) is 23.2. The van der Waals surface area contributed by atoms with E-state index in [1.165, 1.54) is 25.1 Å². The molecule has 11 heteroatoms. The summed E-state index contributed by atoms with van der Waals surface area (Å²) in [7, 11) is 0. The fourth-order valence-corrected chi connectivity index (χ4v) is 3.16. The predicted octanol–water partition coefficient (Wildman–Crippen LogP) is 5.74. The first-order valence-electron chi connectivity index (χ1n) is 9.40. The van der Waals surface area contributed by atoms with E-state index in [1.807, 2.05) is 26.0 Å². The van der Waals surface area contributed by atoms with E-state index in [0.29, 0.717) is 5.75 Å². The molecule has 0 radical (unpaired) electrons. The van der Waals surface area contributed by atoms with Gasteiger partial charge < -0.3 is 10.1 Å². The number of hydrogen-bond donors (Lipinski definition) is 1. The average Bonchev–Trinajstić information content (AvgIpc) is 2.99. The molecule has 8 nitrogen and oxygen atoms in total. The SMILES string of the molecule is Cc1ccc(C)c(Oc2cc(NC(=O)Cn3nc(C(F)F)c(Cl)c3C)cc([N+](=O)[O-])c2)c1. The Balaban J connectivity index is 1.84. The minimum atomic E-state index is -2.88. The molecule has 1 N–H and O–H groups in total. The maximum absolute atomic E-state index is 13.0. The first-order chi connectivity index (χ1) is 15.0. The van der Waals surface area contributed by atoms with Gasteiger partial charge in [-0.3, -0.25) is 19.6 Å². The lowest BCUT2D eigenvalue weighted by molar-refractivity contribution is -0.384. The first-order valence-corrected chi connectivity index (χ1v) is 9.78. The third-order valence-corrected chi connectivity index (χ3v) is 5.08. The van der Waals surface area contributed by atoms with Crippen molar-refractivity contribution in [2.24, 2.45) is 0 Å². The number of benzene rings is 2. The highest BCUT2D eigenvalue weighted by molar-refractivity contribution is 6.31. The van der Waals surface area contributed by atoms with Crippen LogP contribution in [-0.2, 0) is 11.3 Å². The summed E-state index contributed by atoms with van der Waals surface area (Å²) in [6.45, 7) is 4.76. The van der Waals surface area contributed by atoms with Crippen LogP contribution >= 0.6 is 11.6 Å². The molecule has 0 aliphatic carbocycles. The number of aryl methyl sites for hydroxylation is 2. The molecular formula is C21H19ClF2N4O4. The largest absolute Gasteiger partial charge is 0.457 e. The fraction of sp³-hybridized carbons (Fsp3) is 0.238. The van der Waals surface area contributed by atoms with E-state index >= 15 is 0 Å². The van der Waals surface area contributed by atoms with Gasteiger partial charge in [0.2, 0.25) is 5.91 Å². The van der Waals surface area contributed by atoms with Crippen molar-refractivity contribution in [2.45, 2.75) is 33.7 Å². The Kier molecular flexibility index (Phi) is 6.73. The first kappa shape index (κ1) is 23.1. The second-order valence-electron chi connectivity index (χ2n) is 7.13. The third kappa shape index (κ3) is 5.20. The number of nitrogens with one attached hydrogen (secondary N) is 1. The number of nitro groups is 1. The summed E-state index contributed by atoms with van der Waals surface area (Å²) in [5, 5.41) is 17.3. The lowest BCUT2D eigenvalue weighted by Crippen LogP contribution is -2.20. The van der Waals surface area contributed by atoms with Gasteiger partial charge in [0.1, 0.15) is 23.7 Å². The van der Waals surface area contributed by atoms with Crippen molar-refractivity contribution >= 4 is 28.9 Å². The van der Waals surface area contributed by atoms with E-state index in [1.54, 1.807) is 6.07 Å². The van der Waals surface area contributed by atoms with Crippen molar-refractivity contribution in [2.75, 3.05) is 5.32 Å². The number of rotatable bonds is 7. The number of non-ortho nitro benzene ring substituents is 1. The molecule has 0 aliphatic rings. The molecule has 1 heterocycles. The summed E-state index contributed by atoms with van der Waals surface area (Å²) in [5.41, 5.74) is 1.18. The molecule has 32 heavy (non-hydrogen) atoms. The Hall–Kier alpha value is -3.53. The number of ether oxygens (including phenoxy) is 1. The number of alkyl halides is 2. The van der Waals surface area contributed by atoms with Gasteiger partial charge in [-0.25, -0.2) is 8.78 Å². The maximum Gasteiger partial charge on any atom is 0.283 e. The highest BCUT2D eigenvalue weighted by Crippen LogP contribution is 2.32. The number of nitro benzene ring substituents is 1. The van der Waals surface area contributed by atoms with Crippen LogP contribution < -0.4 is 10.1 Å². The molecule has 1 amide bonds. The van der Waals surface area contributed by atoms with Gasteiger partial charge in [-0.2, -0.15) is 5.10 Å². The van der Waals surface area contributed by atoms with Gasteiger partial charge in [0.15, 0.2) is 0 Å². The number of carbonyl (C=O) groups is 1. The number of anilines is 1. The van der Waals surface area contributed by atoms with E-state index in [4.69, 9.17) is 16.3 Å². The van der Waals surface area contributed by atoms with E-state index in [-0.39, 0.29) is 27.8 Å². The Morgan fingerprint density at radius 3 is 2.59 bits per heavy atom. The van der Waals surface area contributed by atoms with Crippen LogP contribution in [0.5, 0.6) is 11.5 Å². The molecule has 0 fully saturated rings. The highest BCUT2D eigenvalue weighted by Gasteiger charge is 2.22. The van der Waals surface area contributed by atoms with Crippen molar-refractivity contribution in [1.29, 1.82) is 0 Å². The molecule has 0 bridgehead atoms. The molecule has 0 saturated heterocycles. The van der Waals surface area contributed by atoms with Crippen LogP contribution in [0, 0.1) is 30.9 Å². The van der Waals surface area contributed by atoms with E-state index < -0.39 is 29.5 Å². The fourth-order valence-electron chi connectivity index (χ4n) is 2.94. The second-order valence-corrected chi connectivity index (χ2v) is 7.51. The third-order valence-electron chi connectivity index (χ3n) is 4.62. The zero-order chi connectivity index (χ0) is 23.6. The Morgan fingerprint density at radius 2 is 1.97 bits per heavy atom. The molecule has 3 rings (SSSR count). The Bertz CT molecular complexity index is 1200. The van der Waals surface area contributed by atoms with Crippen molar-refractivity contribution in [1.82, 2.24) is 9.78 Å². The molecule has 168 valence electrons. The molecule has 0 spiro atoms. The molecular weight excluding hydrogens is 446 g/mol. The van der Waals surface area contributed by atoms with Crippen molar-refractivity contribution < 1.29 is 23.2 Å². The molecule has 1 aromatic heterocycles. The van der Waals surface area contributed by atoms with Crippen LogP contribution in [0.3, 0.4) is 0 Å². The number of aromatic nitrogens is 2. The van der Waals surface area contributed by atoms with Gasteiger partial charge in [0, 0.05) is 12.1 Å². The molecule has 0 saturated carbocycles. The van der Waals surface area contributed by atoms with Crippen LogP contribution in [0.2, 0.25) is 5.02 Å². The Labute approximate surface area is 186 Å². The number of carbonyl (C=O) groups excluding carboxylic acids is 1. The highest BCUT2D eigenvalue weighted by atomic mass is 35.5. The standard InChI is InChI=1S/C21H19ClF2N4O4/c1-11-4-5-12(2)17(6-11)32-16-8-14(7-15(9-16)28(30)31)25-18(29)10-27-13(3)19(22)20(26-27)21(23)24/h4-9,21H,10H2,1-3H3,(H,25,29). The smallest absolute Gasteiger partial charge is 0.283 e. The number of amides is 1. The van der Waals surface area contributed by atoms with Gasteiger partial charge in [-0.15, -0.1) is 0 Å². The average molecular weight is 465 g/mol. The number of halogens is 3. The second kappa shape index (κ2) is 9.31. The van der Waals surface area contributed by atoms with Crippen LogP contribution in [0.25, 0.3) is 0 Å². The lowest BCUT2D eigenvalue weighted by Gasteiger charge is -2.12. The van der Waals surface area contributed by atoms with Crippen molar-refractivity contribution in [3.63, 3.8) is 0 Å². The number of nitrogens with zero attached hydrogens (tertiary/aromatic N) is 3. The van der Waals surface area contributed by atoms with Crippen LogP contribution in [0.15, 0.2) is 36.4 Å². The normalized spacial score (nSPS) is 11.0. The van der Waals surface area contributed by atoms with E-state index in [9.17, 15) is 23.7 Å². The van der Waals surface area contributed by atoms with Crippen LogP contribution in [0.1, 0.15) is 28.9 Å². The van der Waals surface area contributed by atoms with Crippen LogP contribution in [0.4, 0.5) is 20.2 Å². The molecule has 0 unspecified atom stereocenters. The number of hydrogen-bond acceptors (Lipinski definition) is 5. The molecule has 2 aromatic carbocycles. The molecule has 3 aromatic rings. The quantitative estimate of drug-likeness (QED) is 0.355. The predicted molar refractivity (Wildman–Crippen MR) is 115 cm³/mol.